The summed E-state index contributed by atoms with van der Waals surface area (Å²) in [5.74, 6) is 0.811. The van der Waals surface area contributed by atoms with Gasteiger partial charge in [0.25, 0.3) is 0 Å². The summed E-state index contributed by atoms with van der Waals surface area (Å²) in [6.07, 6.45) is 5.07. The Morgan fingerprint density at radius 2 is 2.24 bits per heavy atom. The lowest BCUT2D eigenvalue weighted by atomic mass is 10.0. The van der Waals surface area contributed by atoms with Crippen molar-refractivity contribution in [3.63, 3.8) is 0 Å². The van der Waals surface area contributed by atoms with E-state index in [1.807, 2.05) is 19.1 Å². The lowest BCUT2D eigenvalue weighted by molar-refractivity contribution is -0.123. The van der Waals surface area contributed by atoms with Crippen molar-refractivity contribution in [3.05, 3.63) is 24.2 Å². The fourth-order valence-corrected chi connectivity index (χ4v) is 2.81. The Morgan fingerprint density at radius 1 is 1.48 bits per heavy atom. The second kappa shape index (κ2) is 8.20. The maximum atomic E-state index is 12.1. The highest BCUT2D eigenvalue weighted by Gasteiger charge is 2.22. The summed E-state index contributed by atoms with van der Waals surface area (Å²) < 4.78 is 5.21. The number of amides is 1. The number of carbonyl (C=O) groups is 1. The molecule has 1 aliphatic rings. The molecule has 1 atom stereocenters. The predicted molar refractivity (Wildman–Crippen MR) is 82.9 cm³/mol. The zero-order valence-electron chi connectivity index (χ0n) is 13.1. The van der Waals surface area contributed by atoms with Gasteiger partial charge in [-0.3, -0.25) is 4.79 Å². The van der Waals surface area contributed by atoms with Gasteiger partial charge in [0.05, 0.1) is 18.8 Å². The largest absolute Gasteiger partial charge is 0.467 e. The van der Waals surface area contributed by atoms with Gasteiger partial charge in [-0.05, 0) is 58.0 Å². The molecule has 21 heavy (non-hydrogen) atoms. The molecule has 0 saturated carbocycles. The normalized spacial score (nSPS) is 18.6. The number of likely N-dealkylation sites (tertiary alicyclic amines) is 1. The van der Waals surface area contributed by atoms with E-state index in [0.29, 0.717) is 12.6 Å². The molecular weight excluding hydrogens is 266 g/mol. The first-order valence-corrected chi connectivity index (χ1v) is 7.97. The average molecular weight is 293 g/mol. The second-order valence-electron chi connectivity index (χ2n) is 5.80. The first-order chi connectivity index (χ1) is 10.2. The lowest BCUT2D eigenvalue weighted by Gasteiger charge is -2.33. The van der Waals surface area contributed by atoms with E-state index in [4.69, 9.17) is 4.42 Å². The molecule has 1 fully saturated rings. The lowest BCUT2D eigenvalue weighted by Crippen LogP contribution is -2.50. The highest BCUT2D eigenvalue weighted by Crippen LogP contribution is 2.11. The summed E-state index contributed by atoms with van der Waals surface area (Å²) >= 11 is 0. The molecule has 1 aromatic rings. The first kappa shape index (κ1) is 16.0. The summed E-state index contributed by atoms with van der Waals surface area (Å²) in [5, 5.41) is 6.34. The van der Waals surface area contributed by atoms with E-state index in [2.05, 4.69) is 22.5 Å². The van der Waals surface area contributed by atoms with Crippen LogP contribution in [-0.4, -0.2) is 42.5 Å². The van der Waals surface area contributed by atoms with E-state index in [0.717, 1.165) is 31.7 Å². The van der Waals surface area contributed by atoms with Crippen molar-refractivity contribution in [2.45, 2.75) is 51.7 Å². The Morgan fingerprint density at radius 3 is 2.86 bits per heavy atom. The van der Waals surface area contributed by atoms with E-state index < -0.39 is 0 Å². The summed E-state index contributed by atoms with van der Waals surface area (Å²) in [7, 11) is 0. The standard InChI is InChI=1S/C16H27N3O2/c1-3-8-19-9-6-14(7-10-19)18-13(2)16(20)17-12-15-5-4-11-21-15/h4-5,11,13-14,18H,3,6-10,12H2,1-2H3,(H,17,20). The quantitative estimate of drug-likeness (QED) is 0.804. The minimum absolute atomic E-state index is 0.0300. The van der Waals surface area contributed by atoms with Crippen LogP contribution in [0, 0.1) is 0 Å². The van der Waals surface area contributed by atoms with E-state index in [-0.39, 0.29) is 11.9 Å². The average Bonchev–Trinajstić information content (AvgIpc) is 3.00. The van der Waals surface area contributed by atoms with E-state index in [1.165, 1.54) is 13.0 Å². The molecule has 2 rings (SSSR count). The van der Waals surface area contributed by atoms with Gasteiger partial charge in [0.1, 0.15) is 5.76 Å². The molecule has 1 aliphatic heterocycles. The van der Waals surface area contributed by atoms with Crippen LogP contribution in [-0.2, 0) is 11.3 Å². The zero-order chi connectivity index (χ0) is 15.1. The number of rotatable bonds is 7. The van der Waals surface area contributed by atoms with E-state index >= 15 is 0 Å². The van der Waals surface area contributed by atoms with Crippen molar-refractivity contribution in [2.24, 2.45) is 0 Å². The van der Waals surface area contributed by atoms with Gasteiger partial charge in [-0.15, -0.1) is 0 Å². The van der Waals surface area contributed by atoms with Crippen molar-refractivity contribution in [3.8, 4) is 0 Å². The molecule has 0 radical (unpaired) electrons. The van der Waals surface area contributed by atoms with Gasteiger partial charge in [-0.2, -0.15) is 0 Å². The number of furan rings is 1. The minimum atomic E-state index is -0.164. The van der Waals surface area contributed by atoms with Crippen LogP contribution in [0.3, 0.4) is 0 Å². The van der Waals surface area contributed by atoms with Crippen LogP contribution in [0.1, 0.15) is 38.9 Å². The van der Waals surface area contributed by atoms with Crippen molar-refractivity contribution in [2.75, 3.05) is 19.6 Å². The molecule has 5 heteroatoms. The fraction of sp³-hybridized carbons (Fsp3) is 0.688. The number of hydrogen-bond donors (Lipinski definition) is 2. The third-order valence-electron chi connectivity index (χ3n) is 4.02. The molecule has 0 aliphatic carbocycles. The monoisotopic (exact) mass is 293 g/mol. The van der Waals surface area contributed by atoms with Crippen LogP contribution in [0.4, 0.5) is 0 Å². The molecule has 2 heterocycles. The SMILES string of the molecule is CCCN1CCC(NC(C)C(=O)NCc2ccco2)CC1. The molecule has 0 bridgehead atoms. The molecule has 1 amide bonds. The Labute approximate surface area is 127 Å². The Hall–Kier alpha value is -1.33. The molecule has 118 valence electrons. The van der Waals surface area contributed by atoms with Crippen LogP contribution in [0.2, 0.25) is 0 Å². The molecule has 1 saturated heterocycles. The van der Waals surface area contributed by atoms with E-state index in [1.54, 1.807) is 6.26 Å². The highest BCUT2D eigenvalue weighted by molar-refractivity contribution is 5.81. The van der Waals surface area contributed by atoms with Gasteiger partial charge in [-0.1, -0.05) is 6.92 Å². The van der Waals surface area contributed by atoms with Crippen LogP contribution in [0.25, 0.3) is 0 Å². The van der Waals surface area contributed by atoms with Gasteiger partial charge in [0, 0.05) is 6.04 Å². The smallest absolute Gasteiger partial charge is 0.237 e. The topological polar surface area (TPSA) is 57.5 Å². The number of hydrogen-bond acceptors (Lipinski definition) is 4. The Balaban J connectivity index is 1.66. The Kier molecular flexibility index (Phi) is 6.26. The molecule has 0 aromatic carbocycles. The second-order valence-corrected chi connectivity index (χ2v) is 5.80. The van der Waals surface area contributed by atoms with Crippen LogP contribution >= 0.6 is 0 Å². The third kappa shape index (κ3) is 5.17. The van der Waals surface area contributed by atoms with Crippen molar-refractivity contribution >= 4 is 5.91 Å². The van der Waals surface area contributed by atoms with Crippen LogP contribution in [0.5, 0.6) is 0 Å². The number of nitrogens with zero attached hydrogens (tertiary/aromatic N) is 1. The van der Waals surface area contributed by atoms with Crippen molar-refractivity contribution < 1.29 is 9.21 Å². The van der Waals surface area contributed by atoms with E-state index in [9.17, 15) is 4.79 Å². The summed E-state index contributed by atoms with van der Waals surface area (Å²) in [6.45, 7) is 8.04. The minimum Gasteiger partial charge on any atom is -0.467 e. The molecule has 1 aromatic heterocycles. The maximum Gasteiger partial charge on any atom is 0.237 e. The van der Waals surface area contributed by atoms with Gasteiger partial charge >= 0.3 is 0 Å². The van der Waals surface area contributed by atoms with Crippen molar-refractivity contribution in [1.29, 1.82) is 0 Å². The molecule has 0 spiro atoms. The zero-order valence-corrected chi connectivity index (χ0v) is 13.1. The van der Waals surface area contributed by atoms with Crippen LogP contribution in [0.15, 0.2) is 22.8 Å². The number of nitrogens with one attached hydrogen (secondary N) is 2. The molecular formula is C16H27N3O2. The first-order valence-electron chi connectivity index (χ1n) is 7.97. The van der Waals surface area contributed by atoms with Crippen molar-refractivity contribution in [1.82, 2.24) is 15.5 Å². The Bertz CT molecular complexity index is 411. The molecule has 5 nitrogen and oxygen atoms in total. The molecule has 1 unspecified atom stereocenters. The van der Waals surface area contributed by atoms with Crippen LogP contribution < -0.4 is 10.6 Å². The highest BCUT2D eigenvalue weighted by atomic mass is 16.3. The van der Waals surface area contributed by atoms with Gasteiger partial charge < -0.3 is 20.0 Å². The summed E-state index contributed by atoms with van der Waals surface area (Å²) in [4.78, 5) is 14.6. The van der Waals surface area contributed by atoms with Gasteiger partial charge in [-0.25, -0.2) is 0 Å². The molecule has 2 N–H and O–H groups in total. The van der Waals surface area contributed by atoms with Gasteiger partial charge in [0.2, 0.25) is 5.91 Å². The summed E-state index contributed by atoms with van der Waals surface area (Å²) in [6, 6.07) is 3.97. The maximum absolute atomic E-state index is 12.1. The predicted octanol–water partition coefficient (Wildman–Crippen LogP) is 1.75. The summed E-state index contributed by atoms with van der Waals surface area (Å²) in [5.41, 5.74) is 0. The van der Waals surface area contributed by atoms with Gasteiger partial charge in [0.15, 0.2) is 0 Å². The number of piperidine rings is 1. The third-order valence-corrected chi connectivity index (χ3v) is 4.02. The number of carbonyl (C=O) groups excluding carboxylic acids is 1. The fourth-order valence-electron chi connectivity index (χ4n) is 2.81.